The van der Waals surface area contributed by atoms with Crippen LogP contribution < -0.4 is 0 Å². The van der Waals surface area contributed by atoms with Crippen molar-refractivity contribution < 1.29 is 9.47 Å². The second kappa shape index (κ2) is 4.28. The molecule has 9 heavy (non-hydrogen) atoms. The highest BCUT2D eigenvalue weighted by Crippen LogP contribution is 2.11. The van der Waals surface area contributed by atoms with E-state index in [1.54, 1.807) is 14.2 Å². The van der Waals surface area contributed by atoms with Gasteiger partial charge in [0.15, 0.2) is 0 Å². The highest BCUT2D eigenvalue weighted by atomic mass is 35.5. The van der Waals surface area contributed by atoms with E-state index in [-0.39, 0.29) is 5.41 Å². The molecule has 0 N–H and O–H groups in total. The largest absolute Gasteiger partial charge is 0.358 e. The second-order valence-electron chi connectivity index (χ2n) is 1.98. The Morgan fingerprint density at radius 1 is 1.44 bits per heavy atom. The maximum absolute atomic E-state index is 5.51. The summed E-state index contributed by atoms with van der Waals surface area (Å²) in [6.45, 7) is 0. The molecule has 0 rings (SSSR count). The summed E-state index contributed by atoms with van der Waals surface area (Å²) in [6.07, 6.45) is 0.772. The predicted octanol–water partition coefficient (Wildman–Crippen LogP) is -0.0727. The topological polar surface area (TPSA) is 18.5 Å². The van der Waals surface area contributed by atoms with E-state index in [9.17, 15) is 0 Å². The summed E-state index contributed by atoms with van der Waals surface area (Å²) in [5, 5.41) is 0. The molecule has 0 saturated heterocycles. The zero-order valence-electron chi connectivity index (χ0n) is 6.11. The Kier molecular flexibility index (Phi) is 4.48. The summed E-state index contributed by atoms with van der Waals surface area (Å²) in [6, 6.07) is 0. The number of hydrogen-bond donors (Lipinski definition) is 0. The van der Waals surface area contributed by atoms with Crippen molar-refractivity contribution in [3.05, 3.63) is 0 Å². The van der Waals surface area contributed by atoms with Gasteiger partial charge in [-0.2, -0.15) is 0 Å². The lowest BCUT2D eigenvalue weighted by Gasteiger charge is -2.25. The zero-order valence-corrected chi connectivity index (χ0v) is 8.86. The zero-order chi connectivity index (χ0) is 7.33. The Hall–Kier alpha value is 0.427. The molecule has 0 aromatic rings. The molecule has 0 bridgehead atoms. The predicted molar refractivity (Wildman–Crippen MR) is 42.0 cm³/mol. The minimum absolute atomic E-state index is 0.359. The van der Waals surface area contributed by atoms with Gasteiger partial charge in [0.25, 0.3) is 0 Å². The van der Waals surface area contributed by atoms with Crippen LogP contribution in [0.2, 0.25) is 0 Å². The fraction of sp³-hybridized carbons (Fsp3) is 1.00. The van der Waals surface area contributed by atoms with Gasteiger partial charge in [0.2, 0.25) is 0 Å². The smallest absolute Gasteiger partial charge is 0.141 e. The fourth-order valence-electron chi connectivity index (χ4n) is 0.459. The summed E-state index contributed by atoms with van der Waals surface area (Å²) in [5.41, 5.74) is -0.359. The summed E-state index contributed by atoms with van der Waals surface area (Å²) in [7, 11) is 4.13. The van der Waals surface area contributed by atoms with Crippen LogP contribution in [0.4, 0.5) is 0 Å². The maximum Gasteiger partial charge on any atom is 0.141 e. The molecule has 0 fully saturated rings. The average Bonchev–Trinajstić information content (AvgIpc) is 1.89. The SMILES string of the molecule is COC([SiH3])(CCCl)OC. The van der Waals surface area contributed by atoms with Gasteiger partial charge in [0.05, 0.1) is 10.2 Å². The molecule has 0 saturated carbocycles. The first-order valence-electron chi connectivity index (χ1n) is 2.85. The number of halogens is 1. The normalized spacial score (nSPS) is 12.3. The quantitative estimate of drug-likeness (QED) is 0.333. The number of ether oxygens (including phenoxy) is 2. The number of alkyl halides is 1. The first-order chi connectivity index (χ1) is 4.18. The molecule has 0 radical (unpaired) electrons. The molecule has 0 aliphatic rings. The van der Waals surface area contributed by atoms with Crippen molar-refractivity contribution in [3.63, 3.8) is 0 Å². The Morgan fingerprint density at radius 3 is 2.00 bits per heavy atom. The summed E-state index contributed by atoms with van der Waals surface area (Å²) >= 11 is 5.51. The van der Waals surface area contributed by atoms with Crippen LogP contribution in [0.15, 0.2) is 0 Å². The van der Waals surface area contributed by atoms with Crippen LogP contribution in [-0.4, -0.2) is 35.8 Å². The highest BCUT2D eigenvalue weighted by molar-refractivity contribution is 6.19. The van der Waals surface area contributed by atoms with E-state index in [0.29, 0.717) is 5.88 Å². The van der Waals surface area contributed by atoms with Gasteiger partial charge in [-0.15, -0.1) is 11.6 Å². The first-order valence-corrected chi connectivity index (χ1v) is 4.38. The summed E-state index contributed by atoms with van der Waals surface area (Å²) in [4.78, 5) is 0. The van der Waals surface area contributed by atoms with Crippen LogP contribution >= 0.6 is 11.6 Å². The van der Waals surface area contributed by atoms with Crippen molar-refractivity contribution in [3.8, 4) is 0 Å². The van der Waals surface area contributed by atoms with E-state index < -0.39 is 0 Å². The molecule has 0 aromatic heterocycles. The Balaban J connectivity index is 3.62. The molecule has 0 spiro atoms. The molecule has 4 heteroatoms. The van der Waals surface area contributed by atoms with Crippen LogP contribution in [-0.2, 0) is 9.47 Å². The van der Waals surface area contributed by atoms with Gasteiger partial charge in [-0.25, -0.2) is 0 Å². The van der Waals surface area contributed by atoms with Crippen LogP contribution in [0.1, 0.15) is 6.42 Å². The standard InChI is InChI=1S/C5H13ClO2Si/c1-7-5(9,8-2)3-4-6/h3-4H2,1-2,9H3. The molecule has 0 atom stereocenters. The Labute approximate surface area is 63.9 Å². The molecule has 0 unspecified atom stereocenters. The summed E-state index contributed by atoms with van der Waals surface area (Å²) < 4.78 is 10.2. The Bertz CT molecular complexity index is 75.4. The number of hydrogen-bond acceptors (Lipinski definition) is 2. The third kappa shape index (κ3) is 3.20. The first kappa shape index (κ1) is 9.43. The van der Waals surface area contributed by atoms with Crippen molar-refractivity contribution in [2.24, 2.45) is 0 Å². The van der Waals surface area contributed by atoms with Crippen molar-refractivity contribution in [1.29, 1.82) is 0 Å². The lowest BCUT2D eigenvalue weighted by Crippen LogP contribution is -2.34. The van der Waals surface area contributed by atoms with Crippen LogP contribution in [0.5, 0.6) is 0 Å². The third-order valence-electron chi connectivity index (χ3n) is 1.41. The van der Waals surface area contributed by atoms with Crippen LogP contribution in [0.3, 0.4) is 0 Å². The minimum Gasteiger partial charge on any atom is -0.358 e. The van der Waals surface area contributed by atoms with Gasteiger partial charge >= 0.3 is 0 Å². The molecular weight excluding hydrogens is 156 g/mol. The highest BCUT2D eigenvalue weighted by Gasteiger charge is 2.20. The minimum atomic E-state index is -0.359. The maximum atomic E-state index is 5.51. The van der Waals surface area contributed by atoms with Gasteiger partial charge in [-0.3, -0.25) is 0 Å². The van der Waals surface area contributed by atoms with Crippen LogP contribution in [0, 0.1) is 0 Å². The number of methoxy groups -OCH3 is 2. The second-order valence-corrected chi connectivity index (χ2v) is 3.88. The van der Waals surface area contributed by atoms with E-state index in [0.717, 1.165) is 16.7 Å². The molecule has 0 aliphatic carbocycles. The number of rotatable bonds is 4. The average molecular weight is 169 g/mol. The fourth-order valence-corrected chi connectivity index (χ4v) is 1.37. The van der Waals surface area contributed by atoms with Crippen molar-refractivity contribution >= 4 is 21.8 Å². The monoisotopic (exact) mass is 168 g/mol. The molecular formula is C5H13ClO2Si. The van der Waals surface area contributed by atoms with E-state index in [1.807, 2.05) is 0 Å². The van der Waals surface area contributed by atoms with Gasteiger partial charge in [-0.1, -0.05) is 0 Å². The molecule has 2 nitrogen and oxygen atoms in total. The van der Waals surface area contributed by atoms with Crippen molar-refractivity contribution in [1.82, 2.24) is 0 Å². The molecule has 0 aliphatic heterocycles. The van der Waals surface area contributed by atoms with E-state index >= 15 is 0 Å². The molecule has 0 aromatic carbocycles. The van der Waals surface area contributed by atoms with Gasteiger partial charge < -0.3 is 9.47 Å². The lowest BCUT2D eigenvalue weighted by atomic mass is 10.4. The summed E-state index contributed by atoms with van der Waals surface area (Å²) in [5.74, 6) is 0.588. The van der Waals surface area contributed by atoms with E-state index in [1.165, 1.54) is 0 Å². The van der Waals surface area contributed by atoms with Gasteiger partial charge in [0.1, 0.15) is 5.41 Å². The van der Waals surface area contributed by atoms with Gasteiger partial charge in [-0.05, 0) is 0 Å². The van der Waals surface area contributed by atoms with E-state index in [4.69, 9.17) is 21.1 Å². The third-order valence-corrected chi connectivity index (χ3v) is 2.92. The van der Waals surface area contributed by atoms with E-state index in [2.05, 4.69) is 0 Å². The van der Waals surface area contributed by atoms with Crippen molar-refractivity contribution in [2.75, 3.05) is 20.1 Å². The molecule has 0 amide bonds. The van der Waals surface area contributed by atoms with Crippen LogP contribution in [0.25, 0.3) is 0 Å². The lowest BCUT2D eigenvalue weighted by molar-refractivity contribution is -0.142. The molecule has 56 valence electrons. The van der Waals surface area contributed by atoms with Crippen molar-refractivity contribution in [2.45, 2.75) is 11.8 Å². The Morgan fingerprint density at radius 2 is 1.89 bits per heavy atom. The van der Waals surface area contributed by atoms with Gasteiger partial charge in [0, 0.05) is 26.5 Å². The molecule has 0 heterocycles.